The van der Waals surface area contributed by atoms with E-state index < -0.39 is 0 Å². The van der Waals surface area contributed by atoms with E-state index in [-0.39, 0.29) is 0 Å². The Hall–Kier alpha value is -0.190. The van der Waals surface area contributed by atoms with E-state index in [9.17, 15) is 5.11 Å². The van der Waals surface area contributed by atoms with Crippen molar-refractivity contribution in [1.29, 1.82) is 0 Å². The number of rotatable bonds is 5. The Bertz CT molecular complexity index is 319. The summed E-state index contributed by atoms with van der Waals surface area (Å²) in [6.07, 6.45) is 2.10. The van der Waals surface area contributed by atoms with Gasteiger partial charge in [0.1, 0.15) is 5.75 Å². The van der Waals surface area contributed by atoms with Gasteiger partial charge in [-0.15, -0.1) is 0 Å². The van der Waals surface area contributed by atoms with Gasteiger partial charge in [-0.3, -0.25) is 0 Å². The van der Waals surface area contributed by atoms with Crippen molar-refractivity contribution in [3.63, 3.8) is 0 Å². The maximum absolute atomic E-state index is 9.35. The van der Waals surface area contributed by atoms with Gasteiger partial charge < -0.3 is 10.4 Å². The van der Waals surface area contributed by atoms with Gasteiger partial charge in [-0.2, -0.15) is 11.8 Å². The maximum atomic E-state index is 9.35. The van der Waals surface area contributed by atoms with E-state index in [0.29, 0.717) is 11.8 Å². The first-order chi connectivity index (χ1) is 7.13. The van der Waals surface area contributed by atoms with Crippen LogP contribution in [0, 0.1) is 0 Å². The molecule has 1 aromatic carbocycles. The second-order valence-corrected chi connectivity index (χ2v) is 5.28. The number of phenols is 1. The molecule has 0 heterocycles. The van der Waals surface area contributed by atoms with Crippen molar-refractivity contribution in [3.05, 3.63) is 28.2 Å². The van der Waals surface area contributed by atoms with Crippen LogP contribution in [0.15, 0.2) is 22.7 Å². The molecule has 1 unspecified atom stereocenters. The summed E-state index contributed by atoms with van der Waals surface area (Å²) in [5, 5.41) is 12.8. The summed E-state index contributed by atoms with van der Waals surface area (Å²) in [5.41, 5.74) is 1.09. The highest BCUT2D eigenvalue weighted by Gasteiger charge is 2.04. The quantitative estimate of drug-likeness (QED) is 0.874. The number of hydrogen-bond donors (Lipinski definition) is 2. The van der Waals surface area contributed by atoms with Gasteiger partial charge in [-0.05, 0) is 36.9 Å². The second kappa shape index (κ2) is 6.40. The van der Waals surface area contributed by atoms with Crippen molar-refractivity contribution in [1.82, 2.24) is 5.32 Å². The summed E-state index contributed by atoms with van der Waals surface area (Å²) in [6, 6.07) is 5.81. The molecule has 0 amide bonds. The van der Waals surface area contributed by atoms with Crippen LogP contribution in [-0.2, 0) is 6.54 Å². The highest BCUT2D eigenvalue weighted by atomic mass is 79.9. The normalized spacial score (nSPS) is 12.7. The van der Waals surface area contributed by atoms with Crippen LogP contribution in [0.1, 0.15) is 12.5 Å². The minimum absolute atomic E-state index is 0.313. The molecule has 0 radical (unpaired) electrons. The summed E-state index contributed by atoms with van der Waals surface area (Å²) in [7, 11) is 0. The summed E-state index contributed by atoms with van der Waals surface area (Å²) in [4.78, 5) is 0. The molecule has 0 aliphatic carbocycles. The first-order valence-corrected chi connectivity index (χ1v) is 7.02. The Balaban J connectivity index is 2.53. The van der Waals surface area contributed by atoms with Crippen molar-refractivity contribution in [2.24, 2.45) is 0 Å². The van der Waals surface area contributed by atoms with E-state index in [1.807, 2.05) is 17.8 Å². The molecule has 84 valence electrons. The second-order valence-electron chi connectivity index (χ2n) is 3.51. The van der Waals surface area contributed by atoms with E-state index in [2.05, 4.69) is 34.4 Å². The molecule has 0 aliphatic rings. The number of phenolic OH excluding ortho intramolecular Hbond substituents is 1. The topological polar surface area (TPSA) is 32.3 Å². The van der Waals surface area contributed by atoms with Crippen molar-refractivity contribution in [3.8, 4) is 5.75 Å². The fourth-order valence-corrected chi connectivity index (χ4v) is 2.29. The molecule has 0 saturated heterocycles. The predicted octanol–water partition coefficient (Wildman–Crippen LogP) is 3.00. The molecule has 15 heavy (non-hydrogen) atoms. The van der Waals surface area contributed by atoms with Crippen molar-refractivity contribution in [2.75, 3.05) is 12.0 Å². The standard InChI is InChI=1S/C11H16BrNOS/c1-8(7-15-2)13-6-9-5-10(14)3-4-11(9)12/h3-5,8,13-14H,6-7H2,1-2H3. The first kappa shape index (κ1) is 12.9. The lowest BCUT2D eigenvalue weighted by Crippen LogP contribution is -2.27. The summed E-state index contributed by atoms with van der Waals surface area (Å²) in [5.74, 6) is 1.41. The zero-order chi connectivity index (χ0) is 11.3. The monoisotopic (exact) mass is 289 g/mol. The van der Waals surface area contributed by atoms with Crippen LogP contribution in [0.4, 0.5) is 0 Å². The highest BCUT2D eigenvalue weighted by Crippen LogP contribution is 2.21. The van der Waals surface area contributed by atoms with Gasteiger partial charge >= 0.3 is 0 Å². The number of hydrogen-bond acceptors (Lipinski definition) is 3. The van der Waals surface area contributed by atoms with Crippen LogP contribution in [0.3, 0.4) is 0 Å². The molecule has 1 atom stereocenters. The molecule has 1 rings (SSSR count). The molecule has 1 aromatic rings. The fraction of sp³-hybridized carbons (Fsp3) is 0.455. The molecule has 0 aromatic heterocycles. The lowest BCUT2D eigenvalue weighted by molar-refractivity contribution is 0.473. The van der Waals surface area contributed by atoms with Gasteiger partial charge in [0, 0.05) is 22.8 Å². The minimum Gasteiger partial charge on any atom is -0.508 e. The van der Waals surface area contributed by atoms with Crippen LogP contribution in [0.5, 0.6) is 5.75 Å². The molecular weight excluding hydrogens is 274 g/mol. The molecule has 4 heteroatoms. The maximum Gasteiger partial charge on any atom is 0.115 e. The first-order valence-electron chi connectivity index (χ1n) is 4.83. The average Bonchev–Trinajstić information content (AvgIpc) is 2.20. The van der Waals surface area contributed by atoms with Crippen LogP contribution < -0.4 is 5.32 Å². The number of benzene rings is 1. The molecule has 0 saturated carbocycles. The van der Waals surface area contributed by atoms with Crippen LogP contribution in [-0.4, -0.2) is 23.2 Å². The van der Waals surface area contributed by atoms with Gasteiger partial charge in [0.25, 0.3) is 0 Å². The van der Waals surface area contributed by atoms with Gasteiger partial charge in [-0.25, -0.2) is 0 Å². The van der Waals surface area contributed by atoms with Gasteiger partial charge in [0.15, 0.2) is 0 Å². The summed E-state index contributed by atoms with van der Waals surface area (Å²) < 4.78 is 1.03. The largest absolute Gasteiger partial charge is 0.508 e. The number of halogens is 1. The van der Waals surface area contributed by atoms with E-state index in [1.165, 1.54) is 0 Å². The zero-order valence-electron chi connectivity index (χ0n) is 8.96. The van der Waals surface area contributed by atoms with E-state index in [1.54, 1.807) is 12.1 Å². The Kier molecular flexibility index (Phi) is 5.50. The molecule has 0 spiro atoms. The fourth-order valence-electron chi connectivity index (χ4n) is 1.29. The van der Waals surface area contributed by atoms with Gasteiger partial charge in [0.05, 0.1) is 0 Å². The third kappa shape index (κ3) is 4.45. The third-order valence-electron chi connectivity index (χ3n) is 2.09. The molecular formula is C11H16BrNOS. The van der Waals surface area contributed by atoms with Crippen molar-refractivity contribution < 1.29 is 5.11 Å². The molecule has 2 N–H and O–H groups in total. The van der Waals surface area contributed by atoms with Crippen LogP contribution >= 0.6 is 27.7 Å². The Labute approximate surface area is 104 Å². The highest BCUT2D eigenvalue weighted by molar-refractivity contribution is 9.10. The van der Waals surface area contributed by atoms with Gasteiger partial charge in [0.2, 0.25) is 0 Å². The minimum atomic E-state index is 0.313. The van der Waals surface area contributed by atoms with Crippen molar-refractivity contribution >= 4 is 27.7 Å². The summed E-state index contributed by atoms with van der Waals surface area (Å²) >= 11 is 5.29. The van der Waals surface area contributed by atoms with Crippen LogP contribution in [0.25, 0.3) is 0 Å². The van der Waals surface area contributed by atoms with Crippen molar-refractivity contribution in [2.45, 2.75) is 19.5 Å². The predicted molar refractivity (Wildman–Crippen MR) is 70.5 cm³/mol. The number of thioether (sulfide) groups is 1. The lowest BCUT2D eigenvalue weighted by atomic mass is 10.2. The molecule has 0 fully saturated rings. The van der Waals surface area contributed by atoms with E-state index in [0.717, 1.165) is 22.3 Å². The summed E-state index contributed by atoms with van der Waals surface area (Å²) in [6.45, 7) is 2.93. The van der Waals surface area contributed by atoms with Gasteiger partial charge in [-0.1, -0.05) is 15.9 Å². The molecule has 0 bridgehead atoms. The lowest BCUT2D eigenvalue weighted by Gasteiger charge is -2.13. The molecule has 2 nitrogen and oxygen atoms in total. The zero-order valence-corrected chi connectivity index (χ0v) is 11.4. The van der Waals surface area contributed by atoms with E-state index >= 15 is 0 Å². The Morgan fingerprint density at radius 1 is 1.53 bits per heavy atom. The SMILES string of the molecule is CSCC(C)NCc1cc(O)ccc1Br. The number of nitrogens with one attached hydrogen (secondary N) is 1. The third-order valence-corrected chi connectivity index (χ3v) is 3.69. The smallest absolute Gasteiger partial charge is 0.115 e. The average molecular weight is 290 g/mol. The Morgan fingerprint density at radius 3 is 2.93 bits per heavy atom. The molecule has 0 aliphatic heterocycles. The number of aromatic hydroxyl groups is 1. The Morgan fingerprint density at radius 2 is 2.27 bits per heavy atom. The van der Waals surface area contributed by atoms with Crippen LogP contribution in [0.2, 0.25) is 0 Å². The van der Waals surface area contributed by atoms with E-state index in [4.69, 9.17) is 0 Å².